The number of amides is 1. The fourth-order valence-electron chi connectivity index (χ4n) is 2.91. The maximum absolute atomic E-state index is 12.1. The van der Waals surface area contributed by atoms with Crippen LogP contribution in [-0.2, 0) is 0 Å². The van der Waals surface area contributed by atoms with Crippen molar-refractivity contribution in [2.24, 2.45) is 5.92 Å². The van der Waals surface area contributed by atoms with Crippen LogP contribution in [-0.4, -0.2) is 23.7 Å². The predicted molar refractivity (Wildman–Crippen MR) is 81.5 cm³/mol. The smallest absolute Gasteiger partial charge is 0.287 e. The second-order valence-electron chi connectivity index (χ2n) is 5.67. The molecule has 5 heteroatoms. The molecule has 1 aromatic carbocycles. The number of hydrogen-bond donors (Lipinski definition) is 2. The summed E-state index contributed by atoms with van der Waals surface area (Å²) in [7, 11) is 0. The van der Waals surface area contributed by atoms with E-state index in [1.165, 1.54) is 0 Å². The van der Waals surface area contributed by atoms with Crippen molar-refractivity contribution < 1.29 is 14.3 Å². The average Bonchev–Trinajstić information content (AvgIpc) is 2.90. The van der Waals surface area contributed by atoms with E-state index in [-0.39, 0.29) is 17.8 Å². The van der Waals surface area contributed by atoms with Gasteiger partial charge in [-0.05, 0) is 37.3 Å². The molecule has 1 saturated carbocycles. The molecule has 112 valence electrons. The highest BCUT2D eigenvalue weighted by Crippen LogP contribution is 2.27. The van der Waals surface area contributed by atoms with Gasteiger partial charge in [-0.2, -0.15) is 0 Å². The summed E-state index contributed by atoms with van der Waals surface area (Å²) in [6, 6.07) is 7.12. The molecule has 0 bridgehead atoms. The summed E-state index contributed by atoms with van der Waals surface area (Å²) in [5, 5.41) is 13.8. The average molecular weight is 308 g/mol. The summed E-state index contributed by atoms with van der Waals surface area (Å²) in [6.07, 6.45) is 3.45. The standard InChI is InChI=1S/C16H18ClNO3/c17-13-6-2-4-11-8-14(21-15(11)13)16(20)18-9-10-3-1-5-12(19)7-10/h2,4,6,8,10,12,19H,1,3,5,7,9H2,(H,18,20). The number of benzene rings is 1. The third-order valence-electron chi connectivity index (χ3n) is 4.03. The number of para-hydroxylation sites is 1. The van der Waals surface area contributed by atoms with Crippen molar-refractivity contribution in [1.29, 1.82) is 0 Å². The van der Waals surface area contributed by atoms with Crippen molar-refractivity contribution in [3.8, 4) is 0 Å². The quantitative estimate of drug-likeness (QED) is 0.914. The molecule has 21 heavy (non-hydrogen) atoms. The second-order valence-corrected chi connectivity index (χ2v) is 6.07. The topological polar surface area (TPSA) is 62.5 Å². The zero-order valence-corrected chi connectivity index (χ0v) is 12.4. The molecule has 1 heterocycles. The van der Waals surface area contributed by atoms with Crippen LogP contribution in [0.25, 0.3) is 11.0 Å². The first-order valence-electron chi connectivity index (χ1n) is 7.28. The zero-order valence-electron chi connectivity index (χ0n) is 11.6. The van der Waals surface area contributed by atoms with Crippen molar-refractivity contribution >= 4 is 28.5 Å². The minimum Gasteiger partial charge on any atom is -0.449 e. The molecule has 2 N–H and O–H groups in total. The van der Waals surface area contributed by atoms with Crippen LogP contribution < -0.4 is 5.32 Å². The van der Waals surface area contributed by atoms with Gasteiger partial charge in [0.2, 0.25) is 0 Å². The minimum absolute atomic E-state index is 0.231. The molecule has 2 aromatic rings. The lowest BCUT2D eigenvalue weighted by Gasteiger charge is -2.25. The van der Waals surface area contributed by atoms with Gasteiger partial charge in [0.1, 0.15) is 0 Å². The molecule has 0 spiro atoms. The fraction of sp³-hybridized carbons (Fsp3) is 0.438. The van der Waals surface area contributed by atoms with Gasteiger partial charge < -0.3 is 14.8 Å². The van der Waals surface area contributed by atoms with Gasteiger partial charge in [-0.3, -0.25) is 4.79 Å². The second kappa shape index (κ2) is 6.08. The molecule has 1 aromatic heterocycles. The third-order valence-corrected chi connectivity index (χ3v) is 4.32. The normalized spacial score (nSPS) is 22.4. The molecule has 0 saturated heterocycles. The van der Waals surface area contributed by atoms with Gasteiger partial charge in [0.15, 0.2) is 11.3 Å². The van der Waals surface area contributed by atoms with E-state index in [9.17, 15) is 9.90 Å². The van der Waals surface area contributed by atoms with E-state index in [1.54, 1.807) is 12.1 Å². The lowest BCUT2D eigenvalue weighted by atomic mass is 9.87. The summed E-state index contributed by atoms with van der Waals surface area (Å²) < 4.78 is 5.53. The first-order chi connectivity index (χ1) is 10.1. The molecule has 2 atom stereocenters. The maximum Gasteiger partial charge on any atom is 0.287 e. The van der Waals surface area contributed by atoms with Gasteiger partial charge in [0.25, 0.3) is 5.91 Å². The van der Waals surface area contributed by atoms with Crippen LogP contribution in [0, 0.1) is 5.92 Å². The molecule has 1 aliphatic rings. The van der Waals surface area contributed by atoms with E-state index < -0.39 is 0 Å². The molecule has 1 amide bonds. The summed E-state index contributed by atoms with van der Waals surface area (Å²) in [6.45, 7) is 0.570. The van der Waals surface area contributed by atoms with E-state index >= 15 is 0 Å². The Morgan fingerprint density at radius 1 is 1.43 bits per heavy atom. The monoisotopic (exact) mass is 307 g/mol. The lowest BCUT2D eigenvalue weighted by Crippen LogP contribution is -2.32. The van der Waals surface area contributed by atoms with Gasteiger partial charge in [-0.25, -0.2) is 0 Å². The van der Waals surface area contributed by atoms with Gasteiger partial charge in [0, 0.05) is 11.9 Å². The number of carbonyl (C=O) groups excluding carboxylic acids is 1. The number of aliphatic hydroxyl groups is 1. The van der Waals surface area contributed by atoms with E-state index in [0.29, 0.717) is 23.1 Å². The van der Waals surface area contributed by atoms with Gasteiger partial charge in [0.05, 0.1) is 11.1 Å². The number of furan rings is 1. The van der Waals surface area contributed by atoms with Crippen molar-refractivity contribution in [1.82, 2.24) is 5.32 Å². The van der Waals surface area contributed by atoms with Crippen molar-refractivity contribution in [2.45, 2.75) is 31.8 Å². The van der Waals surface area contributed by atoms with Crippen LogP contribution in [0.5, 0.6) is 0 Å². The summed E-state index contributed by atoms with van der Waals surface area (Å²) in [5.74, 6) is 0.377. The van der Waals surface area contributed by atoms with Crippen LogP contribution in [0.3, 0.4) is 0 Å². The summed E-state index contributed by atoms with van der Waals surface area (Å²) >= 11 is 6.04. The number of fused-ring (bicyclic) bond motifs is 1. The highest BCUT2D eigenvalue weighted by Gasteiger charge is 2.21. The number of hydrogen-bond acceptors (Lipinski definition) is 3. The molecule has 4 nitrogen and oxygen atoms in total. The van der Waals surface area contributed by atoms with Crippen LogP contribution in [0.2, 0.25) is 5.02 Å². The lowest BCUT2D eigenvalue weighted by molar-refractivity contribution is 0.0855. The van der Waals surface area contributed by atoms with Crippen molar-refractivity contribution in [3.05, 3.63) is 35.0 Å². The number of carbonyl (C=O) groups is 1. The Morgan fingerprint density at radius 2 is 2.29 bits per heavy atom. The molecule has 1 fully saturated rings. The molecular formula is C16H18ClNO3. The third kappa shape index (κ3) is 3.22. The number of halogens is 1. The van der Waals surface area contributed by atoms with Crippen molar-refractivity contribution in [2.75, 3.05) is 6.54 Å². The van der Waals surface area contributed by atoms with Crippen molar-refractivity contribution in [3.63, 3.8) is 0 Å². The van der Waals surface area contributed by atoms with Crippen LogP contribution in [0.1, 0.15) is 36.2 Å². The summed E-state index contributed by atoms with van der Waals surface area (Å²) in [4.78, 5) is 12.1. The molecule has 0 aliphatic heterocycles. The fourth-order valence-corrected chi connectivity index (χ4v) is 3.13. The SMILES string of the molecule is O=C(NCC1CCCC(O)C1)c1cc2cccc(Cl)c2o1. The summed E-state index contributed by atoms with van der Waals surface area (Å²) in [5.41, 5.74) is 0.539. The van der Waals surface area contributed by atoms with Gasteiger partial charge in [-0.15, -0.1) is 0 Å². The largest absolute Gasteiger partial charge is 0.449 e. The first-order valence-corrected chi connectivity index (χ1v) is 7.65. The maximum atomic E-state index is 12.1. The predicted octanol–water partition coefficient (Wildman–Crippen LogP) is 3.37. The Morgan fingerprint density at radius 3 is 3.05 bits per heavy atom. The highest BCUT2D eigenvalue weighted by molar-refractivity contribution is 6.34. The Labute approximate surface area is 128 Å². The minimum atomic E-state index is -0.234. The molecule has 3 rings (SSSR count). The van der Waals surface area contributed by atoms with Crippen LogP contribution in [0.15, 0.2) is 28.7 Å². The van der Waals surface area contributed by atoms with E-state index in [1.807, 2.05) is 12.1 Å². The number of nitrogens with one attached hydrogen (secondary N) is 1. The number of aliphatic hydroxyl groups excluding tert-OH is 1. The van der Waals surface area contributed by atoms with Gasteiger partial charge in [-0.1, -0.05) is 30.2 Å². The molecule has 2 unspecified atom stereocenters. The molecular weight excluding hydrogens is 290 g/mol. The van der Waals surface area contributed by atoms with Gasteiger partial charge >= 0.3 is 0 Å². The van der Waals surface area contributed by atoms with E-state index in [2.05, 4.69) is 5.32 Å². The Kier molecular flexibility index (Phi) is 4.17. The Hall–Kier alpha value is -1.52. The molecule has 1 aliphatic carbocycles. The number of rotatable bonds is 3. The van der Waals surface area contributed by atoms with Crippen LogP contribution in [0.4, 0.5) is 0 Å². The zero-order chi connectivity index (χ0) is 14.8. The Balaban J connectivity index is 1.65. The highest BCUT2D eigenvalue weighted by atomic mass is 35.5. The Bertz CT molecular complexity index is 652. The first kappa shape index (κ1) is 14.4. The van der Waals surface area contributed by atoms with Crippen LogP contribution >= 0.6 is 11.6 Å². The van der Waals surface area contributed by atoms with E-state index in [0.717, 1.165) is 31.1 Å². The van der Waals surface area contributed by atoms with E-state index in [4.69, 9.17) is 16.0 Å². The molecule has 0 radical (unpaired) electrons.